The molecule has 1 unspecified atom stereocenters. The summed E-state index contributed by atoms with van der Waals surface area (Å²) in [6.45, 7) is 3.07. The van der Waals surface area contributed by atoms with E-state index in [0.29, 0.717) is 6.42 Å². The van der Waals surface area contributed by atoms with Gasteiger partial charge in [-0.15, -0.1) is 11.3 Å². The number of nitrogens with zero attached hydrogens (tertiary/aromatic N) is 3. The van der Waals surface area contributed by atoms with Gasteiger partial charge in [-0.2, -0.15) is 5.10 Å². The molecule has 0 saturated heterocycles. The van der Waals surface area contributed by atoms with E-state index in [1.807, 2.05) is 60.0 Å². The molecule has 0 N–H and O–H groups in total. The lowest BCUT2D eigenvalue weighted by Gasteiger charge is -2.26. The van der Waals surface area contributed by atoms with Gasteiger partial charge in [0.15, 0.2) is 0 Å². The highest BCUT2D eigenvalue weighted by molar-refractivity contribution is 7.12. The van der Waals surface area contributed by atoms with Crippen LogP contribution in [0.3, 0.4) is 0 Å². The average Bonchev–Trinajstić information content (AvgIpc) is 3.46. The van der Waals surface area contributed by atoms with Crippen molar-refractivity contribution in [3.8, 4) is 0 Å². The highest BCUT2D eigenvalue weighted by atomic mass is 32.1. The number of anilines is 1. The fraction of sp³-hybridized carbons (Fsp3) is 0.238. The largest absolute Gasteiger partial charge is 0.467 e. The van der Waals surface area contributed by atoms with E-state index in [1.165, 1.54) is 0 Å². The molecule has 4 rings (SSSR count). The van der Waals surface area contributed by atoms with Crippen molar-refractivity contribution in [1.29, 1.82) is 0 Å². The summed E-state index contributed by atoms with van der Waals surface area (Å²) in [4.78, 5) is 16.3. The highest BCUT2D eigenvalue weighted by Crippen LogP contribution is 2.34. The topological polar surface area (TPSA) is 49.1 Å². The van der Waals surface area contributed by atoms with E-state index in [2.05, 4.69) is 16.9 Å². The number of furan rings is 1. The van der Waals surface area contributed by atoms with Crippen LogP contribution in [0.4, 0.5) is 5.69 Å². The molecule has 6 heteroatoms. The molecule has 3 heterocycles. The quantitative estimate of drug-likeness (QED) is 0.631. The number of benzene rings is 1. The fourth-order valence-corrected chi connectivity index (χ4v) is 4.02. The molecule has 0 fully saturated rings. The zero-order valence-corrected chi connectivity index (χ0v) is 15.9. The minimum atomic E-state index is -0.195. The first-order valence-corrected chi connectivity index (χ1v) is 9.91. The van der Waals surface area contributed by atoms with Crippen LogP contribution in [-0.2, 0) is 4.79 Å². The number of rotatable bonds is 6. The first-order valence-electron chi connectivity index (χ1n) is 9.03. The van der Waals surface area contributed by atoms with Crippen LogP contribution >= 0.6 is 11.3 Å². The van der Waals surface area contributed by atoms with Gasteiger partial charge in [0.2, 0.25) is 0 Å². The van der Waals surface area contributed by atoms with Crippen molar-refractivity contribution in [3.05, 3.63) is 76.9 Å². The molecule has 0 radical (unpaired) electrons. The van der Waals surface area contributed by atoms with Gasteiger partial charge in [0.25, 0.3) is 5.91 Å². The Morgan fingerprint density at radius 3 is 2.74 bits per heavy atom. The standard InChI is InChI=1S/C21H21N3O2S/c1-2-23(16-8-4-3-5-9-16)15-21(25)24-18(19-10-6-12-26-19)14-17(22-24)20-11-7-13-27-20/h3-13,18H,2,14-15H2,1H3. The van der Waals surface area contributed by atoms with Crippen LogP contribution in [0.2, 0.25) is 0 Å². The van der Waals surface area contributed by atoms with Gasteiger partial charge in [-0.1, -0.05) is 24.3 Å². The van der Waals surface area contributed by atoms with Crippen LogP contribution in [0.1, 0.15) is 30.0 Å². The second kappa shape index (κ2) is 7.80. The molecule has 138 valence electrons. The number of thiophene rings is 1. The minimum Gasteiger partial charge on any atom is -0.467 e. The second-order valence-electron chi connectivity index (χ2n) is 6.35. The Kier molecular flexibility index (Phi) is 5.07. The molecule has 0 spiro atoms. The monoisotopic (exact) mass is 379 g/mol. The predicted octanol–water partition coefficient (Wildman–Crippen LogP) is 4.55. The third kappa shape index (κ3) is 3.66. The molecule has 0 aliphatic carbocycles. The van der Waals surface area contributed by atoms with Gasteiger partial charge in [-0.25, -0.2) is 5.01 Å². The van der Waals surface area contributed by atoms with Gasteiger partial charge < -0.3 is 9.32 Å². The molecule has 27 heavy (non-hydrogen) atoms. The maximum atomic E-state index is 13.1. The van der Waals surface area contributed by atoms with Crippen molar-refractivity contribution in [2.45, 2.75) is 19.4 Å². The second-order valence-corrected chi connectivity index (χ2v) is 7.30. The maximum Gasteiger partial charge on any atom is 0.262 e. The van der Waals surface area contributed by atoms with E-state index in [9.17, 15) is 4.79 Å². The van der Waals surface area contributed by atoms with E-state index in [4.69, 9.17) is 4.42 Å². The number of hydrogen-bond acceptors (Lipinski definition) is 5. The summed E-state index contributed by atoms with van der Waals surface area (Å²) in [5.74, 6) is 0.732. The Hall–Kier alpha value is -2.86. The SMILES string of the molecule is CCN(CC(=O)N1N=C(c2cccs2)CC1c1ccco1)c1ccccc1. The van der Waals surface area contributed by atoms with Gasteiger partial charge in [0, 0.05) is 18.7 Å². The van der Waals surface area contributed by atoms with Crippen LogP contribution in [-0.4, -0.2) is 29.7 Å². The third-order valence-corrected chi connectivity index (χ3v) is 5.59. The van der Waals surface area contributed by atoms with E-state index in [1.54, 1.807) is 22.6 Å². The number of carbonyl (C=O) groups is 1. The summed E-state index contributed by atoms with van der Waals surface area (Å²) in [5, 5.41) is 8.30. The summed E-state index contributed by atoms with van der Waals surface area (Å²) in [6, 6.07) is 17.6. The van der Waals surface area contributed by atoms with Gasteiger partial charge in [-0.05, 0) is 42.6 Å². The normalized spacial score (nSPS) is 16.4. The summed E-state index contributed by atoms with van der Waals surface area (Å²) in [6.07, 6.45) is 2.31. The average molecular weight is 379 g/mol. The maximum absolute atomic E-state index is 13.1. The van der Waals surface area contributed by atoms with Crippen molar-refractivity contribution in [2.75, 3.05) is 18.0 Å². The number of para-hydroxylation sites is 1. The van der Waals surface area contributed by atoms with Crippen molar-refractivity contribution in [2.24, 2.45) is 5.10 Å². The number of hydrogen-bond donors (Lipinski definition) is 0. The lowest BCUT2D eigenvalue weighted by molar-refractivity contribution is -0.131. The van der Waals surface area contributed by atoms with Crippen LogP contribution in [0.15, 0.2) is 75.8 Å². The van der Waals surface area contributed by atoms with Crippen LogP contribution in [0, 0.1) is 0 Å². The van der Waals surface area contributed by atoms with E-state index in [-0.39, 0.29) is 18.5 Å². The molecular weight excluding hydrogens is 358 g/mol. The first kappa shape index (κ1) is 17.5. The molecule has 1 aliphatic heterocycles. The minimum absolute atomic E-state index is 0.0336. The smallest absolute Gasteiger partial charge is 0.262 e. The molecule has 1 amide bonds. The molecule has 3 aromatic rings. The lowest BCUT2D eigenvalue weighted by Crippen LogP contribution is -2.38. The van der Waals surface area contributed by atoms with Crippen LogP contribution < -0.4 is 4.90 Å². The number of carbonyl (C=O) groups excluding carboxylic acids is 1. The van der Waals surface area contributed by atoms with Crippen LogP contribution in [0.5, 0.6) is 0 Å². The van der Waals surface area contributed by atoms with Gasteiger partial charge in [0.1, 0.15) is 11.8 Å². The summed E-state index contributed by atoms with van der Waals surface area (Å²) in [7, 11) is 0. The van der Waals surface area contributed by atoms with E-state index in [0.717, 1.165) is 28.6 Å². The van der Waals surface area contributed by atoms with Gasteiger partial charge in [0.05, 0.1) is 23.4 Å². The summed E-state index contributed by atoms with van der Waals surface area (Å²) in [5.41, 5.74) is 1.96. The summed E-state index contributed by atoms with van der Waals surface area (Å²) < 4.78 is 5.60. The Labute approximate surface area is 162 Å². The number of hydrazone groups is 1. The predicted molar refractivity (Wildman–Crippen MR) is 108 cm³/mol. The molecule has 5 nitrogen and oxygen atoms in total. The molecule has 0 bridgehead atoms. The van der Waals surface area contributed by atoms with E-state index < -0.39 is 0 Å². The van der Waals surface area contributed by atoms with Crippen molar-refractivity contribution < 1.29 is 9.21 Å². The third-order valence-electron chi connectivity index (χ3n) is 4.67. The summed E-state index contributed by atoms with van der Waals surface area (Å²) >= 11 is 1.64. The Morgan fingerprint density at radius 1 is 1.22 bits per heavy atom. The molecule has 1 atom stereocenters. The van der Waals surface area contributed by atoms with Crippen molar-refractivity contribution in [3.63, 3.8) is 0 Å². The zero-order chi connectivity index (χ0) is 18.6. The highest BCUT2D eigenvalue weighted by Gasteiger charge is 2.35. The number of likely N-dealkylation sites (N-methyl/N-ethyl adjacent to an activating group) is 1. The molecule has 1 aromatic carbocycles. The molecule has 0 saturated carbocycles. The molecule has 2 aromatic heterocycles. The van der Waals surface area contributed by atoms with Gasteiger partial charge >= 0.3 is 0 Å². The Bertz CT molecular complexity index is 904. The fourth-order valence-electron chi connectivity index (χ4n) is 3.29. The Balaban J connectivity index is 1.59. The molecule has 1 aliphatic rings. The number of amides is 1. The Morgan fingerprint density at radius 2 is 2.07 bits per heavy atom. The zero-order valence-electron chi connectivity index (χ0n) is 15.1. The van der Waals surface area contributed by atoms with Gasteiger partial charge in [-0.3, -0.25) is 4.79 Å². The first-order chi connectivity index (χ1) is 13.3. The lowest BCUT2D eigenvalue weighted by atomic mass is 10.1. The van der Waals surface area contributed by atoms with Crippen LogP contribution in [0.25, 0.3) is 0 Å². The van der Waals surface area contributed by atoms with Crippen molar-refractivity contribution in [1.82, 2.24) is 5.01 Å². The van der Waals surface area contributed by atoms with E-state index >= 15 is 0 Å². The van der Waals surface area contributed by atoms with Crippen molar-refractivity contribution >= 4 is 28.6 Å². The molecular formula is C21H21N3O2S.